The normalized spacial score (nSPS) is 15.1. The summed E-state index contributed by atoms with van der Waals surface area (Å²) in [5.74, 6) is -0.452. The Kier molecular flexibility index (Phi) is 8.50. The van der Waals surface area contributed by atoms with Crippen molar-refractivity contribution in [1.82, 2.24) is 10.3 Å². The molecule has 28 heavy (non-hydrogen) atoms. The standard InChI is InChI=1S/C20H26N2O5S/c1-13(23)22-17(20(27-2)14-5-3-6-14)12-28-11-16(9-18(24)25)19(26)15-7-4-8-21-10-15/h4,7-8,10,16-17H,3,5-6,9,11-12H2,1-2H3,(H,22,23)(H,24,25)/t16?,17-/m0/s1. The molecule has 0 aromatic carbocycles. The Balaban J connectivity index is 2.04. The molecule has 0 aliphatic heterocycles. The van der Waals surface area contributed by atoms with E-state index in [9.17, 15) is 19.5 Å². The van der Waals surface area contributed by atoms with Gasteiger partial charge in [0.15, 0.2) is 5.78 Å². The van der Waals surface area contributed by atoms with Gasteiger partial charge in [-0.25, -0.2) is 0 Å². The quantitative estimate of drug-likeness (QED) is 0.430. The number of amides is 1. The zero-order valence-corrected chi connectivity index (χ0v) is 17.0. The average Bonchev–Trinajstić information content (AvgIpc) is 2.62. The van der Waals surface area contributed by atoms with E-state index in [1.54, 1.807) is 25.4 Å². The number of rotatable bonds is 11. The number of aromatic nitrogens is 1. The zero-order chi connectivity index (χ0) is 20.5. The summed E-state index contributed by atoms with van der Waals surface area (Å²) in [5, 5.41) is 12.1. The number of ether oxygens (including phenoxy) is 1. The van der Waals surface area contributed by atoms with E-state index < -0.39 is 11.9 Å². The zero-order valence-electron chi connectivity index (χ0n) is 16.1. The first-order valence-corrected chi connectivity index (χ1v) is 10.3. The number of hydrogen-bond acceptors (Lipinski definition) is 6. The van der Waals surface area contributed by atoms with Crippen molar-refractivity contribution in [3.8, 4) is 0 Å². The number of hydrogen-bond donors (Lipinski definition) is 2. The lowest BCUT2D eigenvalue weighted by atomic mass is 9.89. The van der Waals surface area contributed by atoms with Gasteiger partial charge < -0.3 is 15.2 Å². The lowest BCUT2D eigenvalue weighted by molar-refractivity contribution is -0.137. The van der Waals surface area contributed by atoms with E-state index in [1.165, 1.54) is 30.5 Å². The Bertz CT molecular complexity index is 729. The van der Waals surface area contributed by atoms with E-state index in [2.05, 4.69) is 10.3 Å². The minimum atomic E-state index is -1.02. The monoisotopic (exact) mass is 406 g/mol. The lowest BCUT2D eigenvalue weighted by Crippen LogP contribution is -2.38. The van der Waals surface area contributed by atoms with Crippen molar-refractivity contribution < 1.29 is 24.2 Å². The molecule has 1 amide bonds. The van der Waals surface area contributed by atoms with Gasteiger partial charge >= 0.3 is 5.97 Å². The SMILES string of the molecule is COC(=C1CCC1)[C@H](CSCC(CC(=O)O)C(=O)c1cccnc1)NC(C)=O. The number of carboxylic acid groups (broad SMARTS) is 1. The van der Waals surface area contributed by atoms with Crippen LogP contribution in [-0.4, -0.2) is 52.4 Å². The van der Waals surface area contributed by atoms with Crippen LogP contribution in [0.25, 0.3) is 0 Å². The highest BCUT2D eigenvalue weighted by molar-refractivity contribution is 7.99. The molecule has 0 bridgehead atoms. The molecule has 1 fully saturated rings. The summed E-state index contributed by atoms with van der Waals surface area (Å²) in [4.78, 5) is 39.4. The molecule has 2 atom stereocenters. The van der Waals surface area contributed by atoms with E-state index in [0.29, 0.717) is 17.1 Å². The van der Waals surface area contributed by atoms with E-state index in [1.807, 2.05) is 0 Å². The van der Waals surface area contributed by atoms with E-state index >= 15 is 0 Å². The van der Waals surface area contributed by atoms with Gasteiger partial charge in [0.05, 0.1) is 19.6 Å². The summed E-state index contributed by atoms with van der Waals surface area (Å²) in [5.41, 5.74) is 1.61. The molecule has 152 valence electrons. The fraction of sp³-hybridized carbons (Fsp3) is 0.500. The van der Waals surface area contributed by atoms with Gasteiger partial charge in [-0.1, -0.05) is 0 Å². The minimum Gasteiger partial charge on any atom is -0.499 e. The van der Waals surface area contributed by atoms with Crippen LogP contribution in [0.4, 0.5) is 0 Å². The van der Waals surface area contributed by atoms with Crippen molar-refractivity contribution in [2.24, 2.45) is 5.92 Å². The molecule has 2 N–H and O–H groups in total. The summed E-state index contributed by atoms with van der Waals surface area (Å²) in [6.45, 7) is 1.45. The van der Waals surface area contributed by atoms with Crippen LogP contribution >= 0.6 is 11.8 Å². The van der Waals surface area contributed by atoms with Crippen molar-refractivity contribution >= 4 is 29.4 Å². The summed E-state index contributed by atoms with van der Waals surface area (Å²) >= 11 is 1.44. The van der Waals surface area contributed by atoms with Crippen LogP contribution in [0.3, 0.4) is 0 Å². The smallest absolute Gasteiger partial charge is 0.304 e. The molecule has 1 unspecified atom stereocenters. The first-order valence-electron chi connectivity index (χ1n) is 9.19. The average molecular weight is 407 g/mol. The second-order valence-corrected chi connectivity index (χ2v) is 7.79. The third-order valence-corrected chi connectivity index (χ3v) is 5.77. The largest absolute Gasteiger partial charge is 0.499 e. The Morgan fingerprint density at radius 3 is 2.57 bits per heavy atom. The molecule has 1 aromatic heterocycles. The van der Waals surface area contributed by atoms with Gasteiger partial charge in [0.25, 0.3) is 0 Å². The molecule has 1 aliphatic carbocycles. The number of thioether (sulfide) groups is 1. The van der Waals surface area contributed by atoms with Crippen LogP contribution in [0.15, 0.2) is 35.9 Å². The second-order valence-electron chi connectivity index (χ2n) is 6.72. The van der Waals surface area contributed by atoms with E-state index in [0.717, 1.165) is 25.0 Å². The van der Waals surface area contributed by atoms with Gasteiger partial charge in [-0.3, -0.25) is 19.4 Å². The Morgan fingerprint density at radius 1 is 1.32 bits per heavy atom. The number of carboxylic acids is 1. The highest BCUT2D eigenvalue weighted by Crippen LogP contribution is 2.31. The number of aliphatic carboxylic acids is 1. The Morgan fingerprint density at radius 2 is 2.07 bits per heavy atom. The highest BCUT2D eigenvalue weighted by atomic mass is 32.2. The first kappa shape index (κ1) is 21.9. The molecular formula is C20H26N2O5S. The third kappa shape index (κ3) is 6.37. The molecular weight excluding hydrogens is 380 g/mol. The Labute approximate surface area is 168 Å². The number of methoxy groups -OCH3 is 1. The van der Waals surface area contributed by atoms with Gasteiger partial charge in [0, 0.05) is 42.3 Å². The summed E-state index contributed by atoms with van der Waals surface area (Å²) in [6, 6.07) is 3.00. The number of pyridine rings is 1. The van der Waals surface area contributed by atoms with E-state index in [4.69, 9.17) is 4.74 Å². The maximum atomic E-state index is 12.7. The maximum absolute atomic E-state index is 12.7. The molecule has 0 spiro atoms. The summed E-state index contributed by atoms with van der Waals surface area (Å²) < 4.78 is 5.54. The number of nitrogens with one attached hydrogen (secondary N) is 1. The highest BCUT2D eigenvalue weighted by Gasteiger charge is 2.27. The van der Waals surface area contributed by atoms with Crippen LogP contribution < -0.4 is 5.32 Å². The molecule has 1 saturated carbocycles. The molecule has 0 saturated heterocycles. The topological polar surface area (TPSA) is 106 Å². The van der Waals surface area contributed by atoms with Crippen LogP contribution in [-0.2, 0) is 14.3 Å². The van der Waals surface area contributed by atoms with Gasteiger partial charge in [-0.05, 0) is 37.0 Å². The van der Waals surface area contributed by atoms with Crippen molar-refractivity contribution in [2.75, 3.05) is 18.6 Å². The van der Waals surface area contributed by atoms with Crippen molar-refractivity contribution in [3.05, 3.63) is 41.4 Å². The molecule has 1 heterocycles. The number of carbonyl (C=O) groups excluding carboxylic acids is 2. The number of Topliss-reactive ketones (excluding diaryl/α,β-unsaturated/α-hetero) is 1. The predicted molar refractivity (Wildman–Crippen MR) is 107 cm³/mol. The van der Waals surface area contributed by atoms with Gasteiger partial charge in [-0.15, -0.1) is 0 Å². The Hall–Kier alpha value is -2.35. The minimum absolute atomic E-state index is 0.159. The molecule has 7 nitrogen and oxygen atoms in total. The number of ketones is 1. The molecule has 1 aromatic rings. The number of allylic oxidation sites excluding steroid dienone is 1. The molecule has 8 heteroatoms. The van der Waals surface area contributed by atoms with Crippen molar-refractivity contribution in [1.29, 1.82) is 0 Å². The lowest BCUT2D eigenvalue weighted by Gasteiger charge is -2.27. The molecule has 0 radical (unpaired) electrons. The predicted octanol–water partition coefficient (Wildman–Crippen LogP) is 2.68. The van der Waals surface area contributed by atoms with Crippen molar-refractivity contribution in [2.45, 2.75) is 38.6 Å². The van der Waals surface area contributed by atoms with E-state index in [-0.39, 0.29) is 24.2 Å². The molecule has 1 aliphatic rings. The fourth-order valence-electron chi connectivity index (χ4n) is 3.07. The summed E-state index contributed by atoms with van der Waals surface area (Å²) in [6.07, 6.45) is 5.81. The van der Waals surface area contributed by atoms with Gasteiger partial charge in [-0.2, -0.15) is 11.8 Å². The van der Waals surface area contributed by atoms with Gasteiger partial charge in [0.1, 0.15) is 5.76 Å². The van der Waals surface area contributed by atoms with Crippen molar-refractivity contribution in [3.63, 3.8) is 0 Å². The maximum Gasteiger partial charge on any atom is 0.304 e. The van der Waals surface area contributed by atoms with Crippen LogP contribution in [0.2, 0.25) is 0 Å². The number of carbonyl (C=O) groups is 3. The van der Waals surface area contributed by atoms with Gasteiger partial charge in [0.2, 0.25) is 5.91 Å². The first-order chi connectivity index (χ1) is 13.4. The van der Waals surface area contributed by atoms with Crippen LogP contribution in [0, 0.1) is 5.92 Å². The van der Waals surface area contributed by atoms with Crippen LogP contribution in [0.1, 0.15) is 43.0 Å². The fourth-order valence-corrected chi connectivity index (χ4v) is 4.23. The summed E-state index contributed by atoms with van der Waals surface area (Å²) in [7, 11) is 1.60. The molecule has 2 rings (SSSR count). The van der Waals surface area contributed by atoms with Crippen LogP contribution in [0.5, 0.6) is 0 Å². The number of nitrogens with zero attached hydrogens (tertiary/aromatic N) is 1. The third-order valence-electron chi connectivity index (χ3n) is 4.56. The second kappa shape index (κ2) is 10.8.